The smallest absolute Gasteiger partial charge is 0.241 e. The minimum atomic E-state index is -3.67. The van der Waals surface area contributed by atoms with E-state index in [4.69, 9.17) is 5.73 Å². The quantitative estimate of drug-likeness (QED) is 0.806. The lowest BCUT2D eigenvalue weighted by molar-refractivity contribution is 0.357. The second kappa shape index (κ2) is 6.41. The normalized spacial score (nSPS) is 17.3. The van der Waals surface area contributed by atoms with Crippen LogP contribution in [0, 0.1) is 11.7 Å². The van der Waals surface area contributed by atoms with Gasteiger partial charge in [0, 0.05) is 11.0 Å². The molecule has 2 rings (SSSR count). The predicted molar refractivity (Wildman–Crippen MR) is 80.3 cm³/mol. The monoisotopic (exact) mass is 364 g/mol. The summed E-state index contributed by atoms with van der Waals surface area (Å²) < 4.78 is 40.5. The molecule has 0 amide bonds. The Bertz CT molecular complexity index is 586. The molecule has 0 saturated heterocycles. The molecule has 0 bridgehead atoms. The molecule has 1 aromatic rings. The molecule has 0 aliphatic heterocycles. The third kappa shape index (κ3) is 3.71. The summed E-state index contributed by atoms with van der Waals surface area (Å²) in [6.07, 6.45) is 5.63. The van der Waals surface area contributed by atoms with Gasteiger partial charge in [-0.15, -0.1) is 0 Å². The number of sulfonamides is 1. The molecule has 0 heterocycles. The van der Waals surface area contributed by atoms with E-state index in [9.17, 15) is 12.8 Å². The Labute approximate surface area is 127 Å². The minimum absolute atomic E-state index is 0.0211. The predicted octanol–water partition coefficient (Wildman–Crippen LogP) is 3.03. The van der Waals surface area contributed by atoms with E-state index in [0.717, 1.165) is 37.8 Å². The lowest BCUT2D eigenvalue weighted by atomic mass is 9.90. The van der Waals surface area contributed by atoms with Crippen LogP contribution in [0.25, 0.3) is 0 Å². The number of hydrogen-bond acceptors (Lipinski definition) is 3. The van der Waals surface area contributed by atoms with E-state index in [-0.39, 0.29) is 15.1 Å². The van der Waals surface area contributed by atoms with Crippen LogP contribution >= 0.6 is 15.9 Å². The lowest BCUT2D eigenvalue weighted by Crippen LogP contribution is -2.30. The second-order valence-electron chi connectivity index (χ2n) is 5.16. The highest BCUT2D eigenvalue weighted by atomic mass is 79.9. The number of rotatable bonds is 4. The van der Waals surface area contributed by atoms with Crippen molar-refractivity contribution in [1.82, 2.24) is 4.72 Å². The molecule has 1 fully saturated rings. The highest BCUT2D eigenvalue weighted by Gasteiger charge is 2.22. The first-order valence-electron chi connectivity index (χ1n) is 6.64. The van der Waals surface area contributed by atoms with Crippen LogP contribution in [0.5, 0.6) is 0 Å². The fourth-order valence-corrected chi connectivity index (χ4v) is 4.61. The molecule has 7 heteroatoms. The number of nitrogen functional groups attached to an aromatic ring is 1. The number of nitrogens with two attached hydrogens (primary N) is 1. The first kappa shape index (κ1) is 15.7. The minimum Gasteiger partial charge on any atom is -0.396 e. The number of benzene rings is 1. The summed E-state index contributed by atoms with van der Waals surface area (Å²) in [5, 5.41) is 0. The average molecular weight is 365 g/mol. The zero-order chi connectivity index (χ0) is 14.8. The molecule has 0 unspecified atom stereocenters. The molecule has 1 aliphatic carbocycles. The molecular weight excluding hydrogens is 347 g/mol. The van der Waals surface area contributed by atoms with Crippen molar-refractivity contribution in [3.05, 3.63) is 22.4 Å². The van der Waals surface area contributed by atoms with Crippen LogP contribution in [0.15, 0.2) is 21.5 Å². The van der Waals surface area contributed by atoms with Gasteiger partial charge in [0.05, 0.1) is 10.6 Å². The van der Waals surface area contributed by atoms with Crippen molar-refractivity contribution >= 4 is 31.6 Å². The van der Waals surface area contributed by atoms with Crippen molar-refractivity contribution < 1.29 is 12.8 Å². The number of anilines is 1. The standard InChI is InChI=1S/C13H18BrFN2O2S/c14-10-6-11(15)12(16)7-13(10)20(18,19)17-8-9-4-2-1-3-5-9/h6-7,9,17H,1-5,8,16H2. The van der Waals surface area contributed by atoms with Gasteiger partial charge in [-0.05, 0) is 46.8 Å². The number of hydrogen-bond donors (Lipinski definition) is 2. The summed E-state index contributed by atoms with van der Waals surface area (Å²) in [5.74, 6) is -0.252. The van der Waals surface area contributed by atoms with Gasteiger partial charge in [-0.1, -0.05) is 19.3 Å². The third-order valence-corrected chi connectivity index (χ3v) is 6.01. The van der Waals surface area contributed by atoms with Crippen molar-refractivity contribution in [1.29, 1.82) is 0 Å². The molecule has 0 aromatic heterocycles. The Morgan fingerprint density at radius 2 is 1.95 bits per heavy atom. The number of halogens is 2. The highest BCUT2D eigenvalue weighted by Crippen LogP contribution is 2.27. The van der Waals surface area contributed by atoms with E-state index in [1.807, 2.05) is 0 Å². The molecule has 0 radical (unpaired) electrons. The summed E-state index contributed by atoms with van der Waals surface area (Å²) in [6.45, 7) is 0.423. The SMILES string of the molecule is Nc1cc(S(=O)(=O)NCC2CCCCC2)c(Br)cc1F. The zero-order valence-corrected chi connectivity index (χ0v) is 13.4. The fourth-order valence-electron chi connectivity index (χ4n) is 2.45. The highest BCUT2D eigenvalue weighted by molar-refractivity contribution is 9.10. The molecule has 0 atom stereocenters. The van der Waals surface area contributed by atoms with Gasteiger partial charge in [-0.3, -0.25) is 0 Å². The van der Waals surface area contributed by atoms with Crippen molar-refractivity contribution in [2.75, 3.05) is 12.3 Å². The Balaban J connectivity index is 2.11. The van der Waals surface area contributed by atoms with Crippen LogP contribution in [0.1, 0.15) is 32.1 Å². The molecule has 1 aromatic carbocycles. The van der Waals surface area contributed by atoms with Gasteiger partial charge < -0.3 is 5.73 Å². The summed E-state index contributed by atoms with van der Waals surface area (Å²) in [5.41, 5.74) is 5.26. The molecule has 1 aliphatic rings. The lowest BCUT2D eigenvalue weighted by Gasteiger charge is -2.21. The largest absolute Gasteiger partial charge is 0.396 e. The maximum atomic E-state index is 13.3. The molecule has 112 valence electrons. The van der Waals surface area contributed by atoms with Gasteiger partial charge in [-0.2, -0.15) is 0 Å². The molecular formula is C13H18BrFN2O2S. The van der Waals surface area contributed by atoms with Crippen LogP contribution in [0.2, 0.25) is 0 Å². The van der Waals surface area contributed by atoms with E-state index < -0.39 is 15.8 Å². The van der Waals surface area contributed by atoms with Crippen LogP contribution < -0.4 is 10.5 Å². The van der Waals surface area contributed by atoms with E-state index in [2.05, 4.69) is 20.7 Å². The van der Waals surface area contributed by atoms with Gasteiger partial charge in [0.25, 0.3) is 0 Å². The molecule has 0 spiro atoms. The van der Waals surface area contributed by atoms with Crippen molar-refractivity contribution in [3.63, 3.8) is 0 Å². The molecule has 20 heavy (non-hydrogen) atoms. The van der Waals surface area contributed by atoms with Gasteiger partial charge in [0.15, 0.2) is 0 Å². The second-order valence-corrected chi connectivity index (χ2v) is 7.75. The maximum absolute atomic E-state index is 13.3. The van der Waals surface area contributed by atoms with E-state index in [1.165, 1.54) is 6.42 Å². The maximum Gasteiger partial charge on any atom is 0.241 e. The summed E-state index contributed by atoms with van der Waals surface area (Å²) in [7, 11) is -3.67. The molecule has 4 nitrogen and oxygen atoms in total. The number of nitrogens with one attached hydrogen (secondary N) is 1. The van der Waals surface area contributed by atoms with Gasteiger partial charge >= 0.3 is 0 Å². The molecule has 1 saturated carbocycles. The van der Waals surface area contributed by atoms with Crippen molar-refractivity contribution in [2.45, 2.75) is 37.0 Å². The van der Waals surface area contributed by atoms with Gasteiger partial charge in [-0.25, -0.2) is 17.5 Å². The van der Waals surface area contributed by atoms with Crippen molar-refractivity contribution in [3.8, 4) is 0 Å². The summed E-state index contributed by atoms with van der Waals surface area (Å²) in [6, 6.07) is 2.22. The van der Waals surface area contributed by atoms with Crippen LogP contribution in [-0.4, -0.2) is 15.0 Å². The Kier molecular flexibility index (Phi) is 5.04. The van der Waals surface area contributed by atoms with E-state index in [0.29, 0.717) is 12.5 Å². The molecule has 3 N–H and O–H groups in total. The van der Waals surface area contributed by atoms with Crippen LogP contribution in [0.3, 0.4) is 0 Å². The first-order valence-corrected chi connectivity index (χ1v) is 8.92. The Hall–Kier alpha value is -0.660. The fraction of sp³-hybridized carbons (Fsp3) is 0.538. The summed E-state index contributed by atoms with van der Waals surface area (Å²) >= 11 is 3.07. The van der Waals surface area contributed by atoms with Gasteiger partial charge in [0.1, 0.15) is 5.82 Å². The first-order chi connectivity index (χ1) is 9.40. The average Bonchev–Trinajstić information content (AvgIpc) is 2.42. The summed E-state index contributed by atoms with van der Waals surface area (Å²) in [4.78, 5) is -0.0211. The van der Waals surface area contributed by atoms with Crippen LogP contribution in [-0.2, 0) is 10.0 Å². The zero-order valence-electron chi connectivity index (χ0n) is 11.0. The Morgan fingerprint density at radius 1 is 1.30 bits per heavy atom. The topological polar surface area (TPSA) is 72.2 Å². The Morgan fingerprint density at radius 3 is 2.60 bits per heavy atom. The third-order valence-electron chi connectivity index (χ3n) is 3.63. The van der Waals surface area contributed by atoms with Gasteiger partial charge in [0.2, 0.25) is 10.0 Å². The van der Waals surface area contributed by atoms with E-state index >= 15 is 0 Å². The van der Waals surface area contributed by atoms with Crippen LogP contribution in [0.4, 0.5) is 10.1 Å². The van der Waals surface area contributed by atoms with Crippen molar-refractivity contribution in [2.24, 2.45) is 5.92 Å². The van der Waals surface area contributed by atoms with E-state index in [1.54, 1.807) is 0 Å².